The Morgan fingerprint density at radius 2 is 2.32 bits per heavy atom. The van der Waals surface area contributed by atoms with Crippen molar-refractivity contribution in [3.05, 3.63) is 52.4 Å². The molecule has 0 bridgehead atoms. The Kier molecular flexibility index (Phi) is 3.73. The summed E-state index contributed by atoms with van der Waals surface area (Å²) in [6, 6.07) is 7.98. The van der Waals surface area contributed by atoms with Gasteiger partial charge in [0.1, 0.15) is 0 Å². The van der Waals surface area contributed by atoms with Gasteiger partial charge in [0.15, 0.2) is 5.16 Å². The number of halogens is 1. The van der Waals surface area contributed by atoms with Crippen molar-refractivity contribution >= 4 is 44.5 Å². The zero-order valence-corrected chi connectivity index (χ0v) is 14.4. The Balaban J connectivity index is 1.51. The first-order chi connectivity index (χ1) is 10.8. The Bertz CT molecular complexity index is 930. The average molecular weight is 393 g/mol. The lowest BCUT2D eigenvalue weighted by Gasteiger charge is -1.97. The van der Waals surface area contributed by atoms with Gasteiger partial charge in [-0.2, -0.15) is 4.98 Å². The molecule has 0 fully saturated rings. The minimum absolute atomic E-state index is 0.591. The molecule has 0 amide bonds. The zero-order valence-electron chi connectivity index (χ0n) is 11.1. The number of fused-ring (bicyclic) bond motifs is 1. The molecule has 4 aromatic rings. The molecule has 8 heteroatoms. The number of hydrogen-bond acceptors (Lipinski definition) is 6. The fraction of sp³-hybridized carbons (Fsp3) is 0.0714. The highest BCUT2D eigenvalue weighted by Gasteiger charge is 2.12. The van der Waals surface area contributed by atoms with Gasteiger partial charge in [-0.25, -0.2) is 4.98 Å². The lowest BCUT2D eigenvalue weighted by Crippen LogP contribution is -1.87. The molecule has 0 spiro atoms. The van der Waals surface area contributed by atoms with Crippen molar-refractivity contribution in [3.63, 3.8) is 0 Å². The number of aromatic nitrogens is 4. The van der Waals surface area contributed by atoms with E-state index in [0.717, 1.165) is 20.0 Å². The molecule has 0 saturated heterocycles. The SMILES string of the molecule is Brc1csc(-c2noc(CSc3ncc4ccccn34)n2)c1. The van der Waals surface area contributed by atoms with Gasteiger partial charge in [-0.3, -0.25) is 4.40 Å². The highest BCUT2D eigenvalue weighted by Crippen LogP contribution is 2.29. The summed E-state index contributed by atoms with van der Waals surface area (Å²) in [4.78, 5) is 9.82. The second kappa shape index (κ2) is 5.86. The molecule has 4 aromatic heterocycles. The van der Waals surface area contributed by atoms with Crippen LogP contribution < -0.4 is 0 Å². The molecule has 0 unspecified atom stereocenters. The first kappa shape index (κ1) is 14.0. The topological polar surface area (TPSA) is 56.2 Å². The van der Waals surface area contributed by atoms with Crippen molar-refractivity contribution in [1.82, 2.24) is 19.5 Å². The van der Waals surface area contributed by atoms with Crippen LogP contribution in [0.2, 0.25) is 0 Å². The van der Waals surface area contributed by atoms with Gasteiger partial charge in [-0.1, -0.05) is 23.0 Å². The first-order valence-corrected chi connectivity index (χ1v) is 9.07. The third-order valence-corrected chi connectivity index (χ3v) is 5.62. The zero-order chi connectivity index (χ0) is 14.9. The number of imidazole rings is 1. The lowest BCUT2D eigenvalue weighted by molar-refractivity contribution is 0.391. The third-order valence-electron chi connectivity index (χ3n) is 2.99. The second-order valence-electron chi connectivity index (χ2n) is 4.47. The third kappa shape index (κ3) is 2.69. The number of rotatable bonds is 4. The number of thioether (sulfide) groups is 1. The number of nitrogens with zero attached hydrogens (tertiary/aromatic N) is 4. The van der Waals surface area contributed by atoms with E-state index in [4.69, 9.17) is 4.52 Å². The fourth-order valence-corrected chi connectivity index (χ4v) is 4.15. The maximum atomic E-state index is 5.31. The molecule has 0 aliphatic rings. The van der Waals surface area contributed by atoms with E-state index >= 15 is 0 Å². The quantitative estimate of drug-likeness (QED) is 0.478. The van der Waals surface area contributed by atoms with Crippen molar-refractivity contribution < 1.29 is 4.52 Å². The molecule has 22 heavy (non-hydrogen) atoms. The minimum atomic E-state index is 0.591. The standard InChI is InChI=1S/C14H9BrN4OS2/c15-9-5-11(21-7-9)13-17-12(20-18-13)8-22-14-16-6-10-3-1-2-4-19(10)14/h1-7H,8H2. The van der Waals surface area contributed by atoms with Gasteiger partial charge in [0.25, 0.3) is 0 Å². The average Bonchev–Trinajstić information content (AvgIpc) is 3.24. The minimum Gasteiger partial charge on any atom is -0.338 e. The lowest BCUT2D eigenvalue weighted by atomic mass is 10.4. The summed E-state index contributed by atoms with van der Waals surface area (Å²) in [7, 11) is 0. The number of pyridine rings is 1. The molecule has 5 nitrogen and oxygen atoms in total. The van der Waals surface area contributed by atoms with Crippen LogP contribution in [0.15, 0.2) is 56.2 Å². The second-order valence-corrected chi connectivity index (χ2v) is 7.24. The molecule has 4 rings (SSSR count). The van der Waals surface area contributed by atoms with Crippen molar-refractivity contribution in [1.29, 1.82) is 0 Å². The van der Waals surface area contributed by atoms with Crippen LogP contribution in [-0.2, 0) is 5.75 Å². The van der Waals surface area contributed by atoms with Crippen LogP contribution in [0.1, 0.15) is 5.89 Å². The van der Waals surface area contributed by atoms with E-state index in [1.54, 1.807) is 23.1 Å². The summed E-state index contributed by atoms with van der Waals surface area (Å²) < 4.78 is 8.38. The van der Waals surface area contributed by atoms with Crippen LogP contribution in [0.3, 0.4) is 0 Å². The van der Waals surface area contributed by atoms with Crippen LogP contribution in [0.5, 0.6) is 0 Å². The molecule has 0 atom stereocenters. The fourth-order valence-electron chi connectivity index (χ4n) is 2.00. The molecule has 0 aliphatic heterocycles. The molecule has 110 valence electrons. The van der Waals surface area contributed by atoms with E-state index in [1.165, 1.54) is 0 Å². The van der Waals surface area contributed by atoms with E-state index in [2.05, 4.69) is 31.1 Å². The largest absolute Gasteiger partial charge is 0.338 e. The van der Waals surface area contributed by atoms with Crippen LogP contribution in [0.25, 0.3) is 16.2 Å². The molecular weight excluding hydrogens is 384 g/mol. The van der Waals surface area contributed by atoms with E-state index in [0.29, 0.717) is 17.5 Å². The van der Waals surface area contributed by atoms with Crippen molar-refractivity contribution in [2.24, 2.45) is 0 Å². The van der Waals surface area contributed by atoms with Crippen LogP contribution in [0.4, 0.5) is 0 Å². The van der Waals surface area contributed by atoms with Crippen molar-refractivity contribution in [2.45, 2.75) is 10.9 Å². The molecule has 0 aromatic carbocycles. The molecule has 0 saturated carbocycles. The highest BCUT2D eigenvalue weighted by molar-refractivity contribution is 9.10. The molecule has 4 heterocycles. The predicted octanol–water partition coefficient (Wildman–Crippen LogP) is 4.50. The predicted molar refractivity (Wildman–Crippen MR) is 90.1 cm³/mol. The molecule has 0 aliphatic carbocycles. The van der Waals surface area contributed by atoms with Crippen LogP contribution in [-0.4, -0.2) is 19.5 Å². The van der Waals surface area contributed by atoms with E-state index < -0.39 is 0 Å². The molecule has 0 N–H and O–H groups in total. The van der Waals surface area contributed by atoms with Crippen LogP contribution >= 0.6 is 39.0 Å². The summed E-state index contributed by atoms with van der Waals surface area (Å²) in [6.07, 6.45) is 3.85. The summed E-state index contributed by atoms with van der Waals surface area (Å²) in [5, 5.41) is 6.93. The summed E-state index contributed by atoms with van der Waals surface area (Å²) >= 11 is 6.58. The molecule has 0 radical (unpaired) electrons. The monoisotopic (exact) mass is 392 g/mol. The smallest absolute Gasteiger partial charge is 0.237 e. The molecular formula is C14H9BrN4OS2. The first-order valence-electron chi connectivity index (χ1n) is 6.41. The Morgan fingerprint density at radius 1 is 1.36 bits per heavy atom. The van der Waals surface area contributed by atoms with Gasteiger partial charge in [0, 0.05) is 16.0 Å². The summed E-state index contributed by atoms with van der Waals surface area (Å²) in [6.45, 7) is 0. The van der Waals surface area contributed by atoms with E-state index in [1.807, 2.05) is 46.4 Å². The van der Waals surface area contributed by atoms with Crippen molar-refractivity contribution in [3.8, 4) is 10.7 Å². The van der Waals surface area contributed by atoms with Crippen molar-refractivity contribution in [2.75, 3.05) is 0 Å². The Morgan fingerprint density at radius 3 is 3.18 bits per heavy atom. The van der Waals surface area contributed by atoms with E-state index in [-0.39, 0.29) is 0 Å². The van der Waals surface area contributed by atoms with Gasteiger partial charge in [-0.05, 0) is 34.1 Å². The van der Waals surface area contributed by atoms with Gasteiger partial charge < -0.3 is 4.52 Å². The maximum Gasteiger partial charge on any atom is 0.237 e. The van der Waals surface area contributed by atoms with Gasteiger partial charge in [0.05, 0.1) is 22.3 Å². The summed E-state index contributed by atoms with van der Waals surface area (Å²) in [5.41, 5.74) is 1.07. The van der Waals surface area contributed by atoms with E-state index in [9.17, 15) is 0 Å². The maximum absolute atomic E-state index is 5.31. The van der Waals surface area contributed by atoms with Gasteiger partial charge in [0.2, 0.25) is 11.7 Å². The Hall–Kier alpha value is -1.64. The number of thiophene rings is 1. The number of hydrogen-bond donors (Lipinski definition) is 0. The van der Waals surface area contributed by atoms with Gasteiger partial charge >= 0.3 is 0 Å². The van der Waals surface area contributed by atoms with Crippen LogP contribution in [0, 0.1) is 0 Å². The normalized spacial score (nSPS) is 11.3. The Labute approximate surface area is 142 Å². The van der Waals surface area contributed by atoms with Gasteiger partial charge in [-0.15, -0.1) is 11.3 Å². The highest BCUT2D eigenvalue weighted by atomic mass is 79.9. The summed E-state index contributed by atoms with van der Waals surface area (Å²) in [5.74, 6) is 1.81.